The van der Waals surface area contributed by atoms with Gasteiger partial charge in [-0.05, 0) is 19.3 Å². The molecule has 0 heterocycles. The van der Waals surface area contributed by atoms with E-state index >= 15 is 0 Å². The summed E-state index contributed by atoms with van der Waals surface area (Å²) in [5, 5.41) is 9.32. The molecule has 1 N–H and O–H groups in total. The highest BCUT2D eigenvalue weighted by Gasteiger charge is 2.20. The van der Waals surface area contributed by atoms with Crippen molar-refractivity contribution in [2.24, 2.45) is 5.41 Å². The fourth-order valence-corrected chi connectivity index (χ4v) is 1.29. The first-order chi connectivity index (χ1) is 6.14. The molecule has 0 aromatic rings. The lowest BCUT2D eigenvalue weighted by molar-refractivity contribution is 0.195. The second-order valence-electron chi connectivity index (χ2n) is 3.34. The number of hydrogen-bond acceptors (Lipinski definition) is 1. The van der Waals surface area contributed by atoms with E-state index in [0.29, 0.717) is 0 Å². The van der Waals surface area contributed by atoms with Crippen molar-refractivity contribution in [2.45, 2.75) is 32.3 Å². The largest absolute Gasteiger partial charge is 0.389 e. The van der Waals surface area contributed by atoms with E-state index in [1.54, 1.807) is 6.08 Å². The molecule has 1 heteroatoms. The Morgan fingerprint density at radius 2 is 1.85 bits per heavy atom. The van der Waals surface area contributed by atoms with Gasteiger partial charge in [0.2, 0.25) is 0 Å². The molecule has 0 saturated carbocycles. The van der Waals surface area contributed by atoms with E-state index in [-0.39, 0.29) is 5.41 Å². The van der Waals surface area contributed by atoms with Crippen LogP contribution in [0.5, 0.6) is 0 Å². The summed E-state index contributed by atoms with van der Waals surface area (Å²) in [7, 11) is 0. The molecule has 1 unspecified atom stereocenters. The maximum absolute atomic E-state index is 9.32. The molecule has 0 aliphatic heterocycles. The summed E-state index contributed by atoms with van der Waals surface area (Å²) in [5.41, 5.74) is -0.0238. The van der Waals surface area contributed by atoms with Crippen LogP contribution in [-0.2, 0) is 0 Å². The van der Waals surface area contributed by atoms with Crippen LogP contribution in [0, 0.1) is 5.41 Å². The van der Waals surface area contributed by atoms with Crippen LogP contribution >= 0.6 is 0 Å². The second kappa shape index (κ2) is 5.76. The predicted octanol–water partition coefficient (Wildman–Crippen LogP) is 3.08. The van der Waals surface area contributed by atoms with Crippen LogP contribution in [0.25, 0.3) is 0 Å². The zero-order valence-corrected chi connectivity index (χ0v) is 8.50. The molecule has 0 rings (SSSR count). The van der Waals surface area contributed by atoms with Gasteiger partial charge in [-0.3, -0.25) is 0 Å². The molecule has 0 bridgehead atoms. The quantitative estimate of drug-likeness (QED) is 0.597. The Hall–Kier alpha value is -0.820. The van der Waals surface area contributed by atoms with Crippen molar-refractivity contribution in [1.29, 1.82) is 0 Å². The third kappa shape index (κ3) is 3.60. The van der Waals surface area contributed by atoms with Crippen LogP contribution in [0.2, 0.25) is 0 Å². The summed E-state index contributed by atoms with van der Waals surface area (Å²) >= 11 is 0. The Bertz CT molecular complexity index is 174. The van der Waals surface area contributed by atoms with Crippen LogP contribution in [-0.4, -0.2) is 11.2 Å². The van der Waals surface area contributed by atoms with Gasteiger partial charge in [0, 0.05) is 5.41 Å². The highest BCUT2D eigenvalue weighted by Crippen LogP contribution is 2.31. The number of allylic oxidation sites excluding steroid dienone is 2. The van der Waals surface area contributed by atoms with Crippen LogP contribution in [0.3, 0.4) is 0 Å². The molecule has 0 aliphatic rings. The fourth-order valence-electron chi connectivity index (χ4n) is 1.29. The lowest BCUT2D eigenvalue weighted by Gasteiger charge is -2.25. The number of aliphatic hydroxyl groups excluding tert-OH is 1. The van der Waals surface area contributed by atoms with Crippen LogP contribution in [0.4, 0.5) is 0 Å². The van der Waals surface area contributed by atoms with Crippen molar-refractivity contribution in [3.63, 3.8) is 0 Å². The Kier molecular flexibility index (Phi) is 5.40. The summed E-state index contributed by atoms with van der Waals surface area (Å²) < 4.78 is 0. The van der Waals surface area contributed by atoms with Gasteiger partial charge in [-0.1, -0.05) is 25.2 Å². The highest BCUT2D eigenvalue weighted by atomic mass is 16.3. The van der Waals surface area contributed by atoms with Crippen molar-refractivity contribution >= 4 is 0 Å². The molecule has 0 aromatic heterocycles. The average Bonchev–Trinajstić information content (AvgIpc) is 2.20. The summed E-state index contributed by atoms with van der Waals surface area (Å²) in [4.78, 5) is 0. The van der Waals surface area contributed by atoms with Crippen LogP contribution in [0.15, 0.2) is 38.0 Å². The molecule has 0 fully saturated rings. The average molecular weight is 180 g/mol. The highest BCUT2D eigenvalue weighted by molar-refractivity contribution is 5.06. The van der Waals surface area contributed by atoms with Crippen molar-refractivity contribution in [1.82, 2.24) is 0 Å². The number of rotatable bonds is 7. The molecule has 0 saturated heterocycles. The van der Waals surface area contributed by atoms with Crippen molar-refractivity contribution in [2.75, 3.05) is 0 Å². The zero-order valence-electron chi connectivity index (χ0n) is 8.50. The van der Waals surface area contributed by atoms with Gasteiger partial charge in [-0.15, -0.1) is 19.7 Å². The van der Waals surface area contributed by atoms with E-state index in [0.717, 1.165) is 19.3 Å². The minimum absolute atomic E-state index is 0.0238. The summed E-state index contributed by atoms with van der Waals surface area (Å²) in [6.07, 6.45) is 7.55. The Morgan fingerprint density at radius 1 is 1.31 bits per heavy atom. The van der Waals surface area contributed by atoms with Gasteiger partial charge >= 0.3 is 0 Å². The van der Waals surface area contributed by atoms with Gasteiger partial charge in [-0.2, -0.15) is 0 Å². The maximum atomic E-state index is 9.32. The third-order valence-electron chi connectivity index (χ3n) is 2.65. The van der Waals surface area contributed by atoms with Crippen molar-refractivity contribution < 1.29 is 5.11 Å². The Morgan fingerprint density at radius 3 is 2.15 bits per heavy atom. The van der Waals surface area contributed by atoms with E-state index in [2.05, 4.69) is 26.7 Å². The first kappa shape index (κ1) is 12.2. The van der Waals surface area contributed by atoms with E-state index in [1.807, 2.05) is 12.2 Å². The smallest absolute Gasteiger partial charge is 0.0718 e. The van der Waals surface area contributed by atoms with Crippen LogP contribution < -0.4 is 0 Å². The zero-order chi connectivity index (χ0) is 10.3. The van der Waals surface area contributed by atoms with Crippen LogP contribution in [0.1, 0.15) is 26.2 Å². The van der Waals surface area contributed by atoms with E-state index < -0.39 is 6.10 Å². The summed E-state index contributed by atoms with van der Waals surface area (Å²) in [6, 6.07) is 0. The lowest BCUT2D eigenvalue weighted by atomic mass is 9.80. The summed E-state index contributed by atoms with van der Waals surface area (Å²) in [6.45, 7) is 13.2. The standard InChI is InChI=1S/C12H20O/c1-5-11(13)9-10-12(6-2,7-3)8-4/h5-7,11,13H,1-3,8-10H2,4H3. The normalized spacial score (nSPS) is 13.4. The minimum atomic E-state index is -0.411. The Labute approximate surface area is 81.5 Å². The molecule has 74 valence electrons. The fraction of sp³-hybridized carbons (Fsp3) is 0.500. The maximum Gasteiger partial charge on any atom is 0.0718 e. The molecule has 1 atom stereocenters. The lowest BCUT2D eigenvalue weighted by Crippen LogP contribution is -2.16. The molecule has 1 nitrogen and oxygen atoms in total. The van der Waals surface area contributed by atoms with Gasteiger partial charge in [0.25, 0.3) is 0 Å². The SMILES string of the molecule is C=CC(O)CCC(C=C)(C=C)CC. The van der Waals surface area contributed by atoms with Gasteiger partial charge in [0.05, 0.1) is 6.10 Å². The van der Waals surface area contributed by atoms with Crippen molar-refractivity contribution in [3.05, 3.63) is 38.0 Å². The number of aliphatic hydroxyl groups is 1. The third-order valence-corrected chi connectivity index (χ3v) is 2.65. The van der Waals surface area contributed by atoms with Gasteiger partial charge < -0.3 is 5.11 Å². The minimum Gasteiger partial charge on any atom is -0.389 e. The first-order valence-electron chi connectivity index (χ1n) is 4.72. The number of hydrogen-bond donors (Lipinski definition) is 1. The van der Waals surface area contributed by atoms with Gasteiger partial charge in [0.1, 0.15) is 0 Å². The van der Waals surface area contributed by atoms with Gasteiger partial charge in [-0.25, -0.2) is 0 Å². The van der Waals surface area contributed by atoms with Crippen molar-refractivity contribution in [3.8, 4) is 0 Å². The monoisotopic (exact) mass is 180 g/mol. The first-order valence-corrected chi connectivity index (χ1v) is 4.72. The van der Waals surface area contributed by atoms with E-state index in [4.69, 9.17) is 0 Å². The predicted molar refractivity (Wildman–Crippen MR) is 58.6 cm³/mol. The second-order valence-corrected chi connectivity index (χ2v) is 3.34. The molecular weight excluding hydrogens is 160 g/mol. The molecule has 13 heavy (non-hydrogen) atoms. The Balaban J connectivity index is 4.17. The topological polar surface area (TPSA) is 20.2 Å². The van der Waals surface area contributed by atoms with Gasteiger partial charge in [0.15, 0.2) is 0 Å². The molecule has 0 radical (unpaired) electrons. The molecule has 0 aromatic carbocycles. The summed E-state index contributed by atoms with van der Waals surface area (Å²) in [5.74, 6) is 0. The molecule has 0 aliphatic carbocycles. The van der Waals surface area contributed by atoms with E-state index in [9.17, 15) is 5.11 Å². The molecular formula is C12H20O. The molecule has 0 spiro atoms. The molecule has 0 amide bonds. The van der Waals surface area contributed by atoms with E-state index in [1.165, 1.54) is 0 Å².